The molecule has 0 unspecified atom stereocenters. The van der Waals surface area contributed by atoms with Crippen molar-refractivity contribution in [2.45, 2.75) is 25.2 Å². The highest BCUT2D eigenvalue weighted by molar-refractivity contribution is 6.01. The molecule has 32 heavy (non-hydrogen) atoms. The number of methoxy groups -OCH3 is 2. The van der Waals surface area contributed by atoms with Gasteiger partial charge in [-0.05, 0) is 36.8 Å². The Morgan fingerprint density at radius 1 is 0.938 bits per heavy atom. The molecule has 1 heterocycles. The molecule has 0 radical (unpaired) electrons. The van der Waals surface area contributed by atoms with Crippen molar-refractivity contribution < 1.29 is 23.9 Å². The minimum absolute atomic E-state index is 0.191. The molecule has 0 saturated carbocycles. The van der Waals surface area contributed by atoms with Gasteiger partial charge in [0.2, 0.25) is 11.8 Å². The number of nitrogens with one attached hydrogen (secondary N) is 3. The molecule has 0 spiro atoms. The van der Waals surface area contributed by atoms with Gasteiger partial charge in [0.15, 0.2) is 0 Å². The Kier molecular flexibility index (Phi) is 7.75. The number of benzene rings is 2. The average Bonchev–Trinajstić information content (AvgIpc) is 2.80. The van der Waals surface area contributed by atoms with Crippen LogP contribution in [0.5, 0.6) is 0 Å². The van der Waals surface area contributed by atoms with Crippen molar-refractivity contribution >= 4 is 29.5 Å². The molecule has 8 nitrogen and oxygen atoms in total. The van der Waals surface area contributed by atoms with E-state index in [1.165, 1.54) is 20.3 Å². The molecule has 0 saturated heterocycles. The predicted molar refractivity (Wildman–Crippen MR) is 121 cm³/mol. The van der Waals surface area contributed by atoms with Crippen molar-refractivity contribution in [2.75, 3.05) is 26.1 Å². The van der Waals surface area contributed by atoms with E-state index in [4.69, 9.17) is 9.47 Å². The molecule has 3 atom stereocenters. The molecule has 0 fully saturated rings. The van der Waals surface area contributed by atoms with Gasteiger partial charge >= 0.3 is 0 Å². The van der Waals surface area contributed by atoms with Gasteiger partial charge in [-0.1, -0.05) is 30.3 Å². The lowest BCUT2D eigenvalue weighted by atomic mass is 10.0. The zero-order chi connectivity index (χ0) is 23.1. The number of ether oxygens (including phenoxy) is 2. The van der Waals surface area contributed by atoms with Crippen LogP contribution < -0.4 is 16.0 Å². The van der Waals surface area contributed by atoms with Crippen molar-refractivity contribution in [1.29, 1.82) is 0 Å². The Morgan fingerprint density at radius 2 is 1.72 bits per heavy atom. The number of fused-ring (bicyclic) bond motifs is 3. The second-order valence-electron chi connectivity index (χ2n) is 7.41. The highest BCUT2D eigenvalue weighted by atomic mass is 16.5. The first kappa shape index (κ1) is 23.2. The summed E-state index contributed by atoms with van der Waals surface area (Å²) < 4.78 is 11.3. The summed E-state index contributed by atoms with van der Waals surface area (Å²) in [5.41, 5.74) is 2.29. The molecule has 1 aliphatic heterocycles. The number of amides is 3. The molecule has 2 bridgehead atoms. The van der Waals surface area contributed by atoms with Crippen molar-refractivity contribution in [3.63, 3.8) is 0 Å². The van der Waals surface area contributed by atoms with Gasteiger partial charge in [0.1, 0.15) is 18.2 Å². The summed E-state index contributed by atoms with van der Waals surface area (Å²) in [7, 11) is 3.07. The van der Waals surface area contributed by atoms with E-state index >= 15 is 0 Å². The standard InChI is InChI=1S/C24H27N3O5/c1-15-23(29)27-19-10-5-4-9-18(19)22(32-3)20(31-2)14-25-21(28)12-11-16-7-6-8-17(13-16)24(30)26-15/h4-13,15,20,22H,14H2,1-3H3,(H,25,28)(H,26,30)(H,27,29)/b12-11+/t15-,20+,22+/m0/s1. The Bertz CT molecular complexity index is 1020. The minimum Gasteiger partial charge on any atom is -0.377 e. The van der Waals surface area contributed by atoms with E-state index in [0.717, 1.165) is 0 Å². The highest BCUT2D eigenvalue weighted by Crippen LogP contribution is 2.29. The normalized spacial score (nSPS) is 23.2. The largest absolute Gasteiger partial charge is 0.377 e. The molecule has 2 aromatic rings. The van der Waals surface area contributed by atoms with E-state index in [1.807, 2.05) is 12.1 Å². The van der Waals surface area contributed by atoms with Crippen LogP contribution in [0.15, 0.2) is 54.6 Å². The maximum Gasteiger partial charge on any atom is 0.251 e. The molecule has 1 aliphatic rings. The van der Waals surface area contributed by atoms with Gasteiger partial charge in [-0.25, -0.2) is 0 Å². The number of hydrogen-bond acceptors (Lipinski definition) is 5. The third-order valence-electron chi connectivity index (χ3n) is 5.21. The van der Waals surface area contributed by atoms with Crippen LogP contribution in [-0.4, -0.2) is 50.6 Å². The van der Waals surface area contributed by atoms with Crippen LogP contribution in [0.25, 0.3) is 6.08 Å². The fourth-order valence-corrected chi connectivity index (χ4v) is 3.45. The molecular weight excluding hydrogens is 410 g/mol. The summed E-state index contributed by atoms with van der Waals surface area (Å²) >= 11 is 0. The zero-order valence-electron chi connectivity index (χ0n) is 18.3. The average molecular weight is 437 g/mol. The van der Waals surface area contributed by atoms with Crippen molar-refractivity contribution in [2.24, 2.45) is 0 Å². The van der Waals surface area contributed by atoms with E-state index in [2.05, 4.69) is 16.0 Å². The van der Waals surface area contributed by atoms with Gasteiger partial charge < -0.3 is 25.4 Å². The summed E-state index contributed by atoms with van der Waals surface area (Å²) in [4.78, 5) is 37.8. The Hall–Kier alpha value is -3.49. The lowest BCUT2D eigenvalue weighted by Gasteiger charge is -2.27. The lowest BCUT2D eigenvalue weighted by Crippen LogP contribution is -2.42. The summed E-state index contributed by atoms with van der Waals surface area (Å²) in [6.07, 6.45) is 1.94. The first-order valence-corrected chi connectivity index (χ1v) is 10.2. The van der Waals surface area contributed by atoms with Crippen LogP contribution in [0.1, 0.15) is 34.5 Å². The summed E-state index contributed by atoms with van der Waals surface area (Å²) in [5.74, 6) is -1.07. The fourth-order valence-electron chi connectivity index (χ4n) is 3.45. The van der Waals surface area contributed by atoms with Gasteiger partial charge in [-0.15, -0.1) is 0 Å². The summed E-state index contributed by atoms with van der Waals surface area (Å²) in [6.45, 7) is 1.80. The van der Waals surface area contributed by atoms with Crippen LogP contribution in [-0.2, 0) is 19.1 Å². The molecule has 0 aliphatic carbocycles. The monoisotopic (exact) mass is 437 g/mol. The third kappa shape index (κ3) is 5.60. The number of hydrogen-bond donors (Lipinski definition) is 3. The Balaban J connectivity index is 1.99. The van der Waals surface area contributed by atoms with Crippen LogP contribution >= 0.6 is 0 Å². The molecule has 168 valence electrons. The van der Waals surface area contributed by atoms with E-state index in [9.17, 15) is 14.4 Å². The number of carbonyl (C=O) groups excluding carboxylic acids is 3. The number of anilines is 1. The molecule has 3 rings (SSSR count). The molecule has 3 amide bonds. The number of para-hydroxylation sites is 1. The van der Waals surface area contributed by atoms with E-state index in [-0.39, 0.29) is 24.3 Å². The van der Waals surface area contributed by atoms with Crippen molar-refractivity contribution in [3.05, 3.63) is 71.3 Å². The highest BCUT2D eigenvalue weighted by Gasteiger charge is 2.27. The van der Waals surface area contributed by atoms with Crippen LogP contribution in [0.3, 0.4) is 0 Å². The molecule has 0 aromatic heterocycles. The second-order valence-corrected chi connectivity index (χ2v) is 7.41. The number of carbonyl (C=O) groups is 3. The Morgan fingerprint density at radius 3 is 2.47 bits per heavy atom. The topological polar surface area (TPSA) is 106 Å². The quantitative estimate of drug-likeness (QED) is 0.669. The Labute approximate surface area is 187 Å². The first-order chi connectivity index (χ1) is 15.4. The second kappa shape index (κ2) is 10.7. The molecule has 2 aromatic carbocycles. The predicted octanol–water partition coefficient (Wildman–Crippen LogP) is 2.29. The van der Waals surface area contributed by atoms with Crippen LogP contribution in [0.4, 0.5) is 5.69 Å². The van der Waals surface area contributed by atoms with E-state index in [0.29, 0.717) is 22.4 Å². The number of rotatable bonds is 2. The van der Waals surface area contributed by atoms with Gasteiger partial charge in [0.05, 0.1) is 0 Å². The maximum atomic E-state index is 12.8. The molecular formula is C24H27N3O5. The van der Waals surface area contributed by atoms with Crippen molar-refractivity contribution in [3.8, 4) is 0 Å². The van der Waals surface area contributed by atoms with Crippen molar-refractivity contribution in [1.82, 2.24) is 10.6 Å². The maximum absolute atomic E-state index is 12.8. The summed E-state index contributed by atoms with van der Waals surface area (Å²) in [6, 6.07) is 13.2. The SMILES string of the molecule is CO[C@@H]1c2ccccc2NC(=O)[C@H](C)NC(=O)c2cccc(c2)/C=C/C(=O)NC[C@H]1OC. The molecule has 3 N–H and O–H groups in total. The summed E-state index contributed by atoms with van der Waals surface area (Å²) in [5, 5.41) is 8.38. The van der Waals surface area contributed by atoms with Gasteiger partial charge in [0, 0.05) is 43.7 Å². The smallest absolute Gasteiger partial charge is 0.251 e. The van der Waals surface area contributed by atoms with E-state index in [1.54, 1.807) is 49.4 Å². The van der Waals surface area contributed by atoms with Gasteiger partial charge in [-0.3, -0.25) is 14.4 Å². The van der Waals surface area contributed by atoms with Crippen LogP contribution in [0, 0.1) is 0 Å². The molecule has 8 heteroatoms. The van der Waals surface area contributed by atoms with Gasteiger partial charge in [-0.2, -0.15) is 0 Å². The first-order valence-electron chi connectivity index (χ1n) is 10.2. The van der Waals surface area contributed by atoms with Crippen LogP contribution in [0.2, 0.25) is 0 Å². The fraction of sp³-hybridized carbons (Fsp3) is 0.292. The third-order valence-corrected chi connectivity index (χ3v) is 5.21. The zero-order valence-corrected chi connectivity index (χ0v) is 18.3. The minimum atomic E-state index is -0.784. The van der Waals surface area contributed by atoms with E-state index < -0.39 is 18.2 Å². The van der Waals surface area contributed by atoms with Gasteiger partial charge in [0.25, 0.3) is 5.91 Å². The lowest BCUT2D eigenvalue weighted by molar-refractivity contribution is -0.118.